The van der Waals surface area contributed by atoms with Crippen LogP contribution in [0, 0.1) is 20.2 Å². The van der Waals surface area contributed by atoms with Crippen LogP contribution in [0.3, 0.4) is 0 Å². The number of rotatable bonds is 4. The minimum absolute atomic E-state index is 0.0154. The monoisotopic (exact) mass is 916 g/mol. The van der Waals surface area contributed by atoms with Gasteiger partial charge in [-0.2, -0.15) is 0 Å². The Morgan fingerprint density at radius 1 is 0.464 bits per heavy atom. The van der Waals surface area contributed by atoms with Gasteiger partial charge in [-0.15, -0.1) is 0 Å². The van der Waals surface area contributed by atoms with Gasteiger partial charge in [0.05, 0.1) is 45.8 Å². The van der Waals surface area contributed by atoms with Crippen LogP contribution in [0.5, 0.6) is 11.5 Å². The molecule has 0 fully saturated rings. The molecule has 4 aliphatic heterocycles. The van der Waals surface area contributed by atoms with Gasteiger partial charge in [-0.3, -0.25) is 20.2 Å². The topological polar surface area (TPSA) is 162 Å². The SMILES string of the molecule is CC(C)(C)c1ccc2c(c1)-c1c3nc(c(-c4ccc([N+](=O)[O-])cc4)c4ccc([nH]4)c(c4nc(c(-c5ccc([N+](=O)[O-])cc5)c5ccc1[nH]5)C=C4)-c1cc(C(C)(C)C)ccc1OCCCCCO2)C=C3. The van der Waals surface area contributed by atoms with Crippen LogP contribution in [0.2, 0.25) is 0 Å². The van der Waals surface area contributed by atoms with Crippen molar-refractivity contribution >= 4 is 57.7 Å². The number of H-pyrrole nitrogens is 2. The number of fused-ring (bicyclic) bond motifs is 6. The molecule has 69 heavy (non-hydrogen) atoms. The zero-order valence-corrected chi connectivity index (χ0v) is 39.5. The lowest BCUT2D eigenvalue weighted by atomic mass is 9.85. The highest BCUT2D eigenvalue weighted by Crippen LogP contribution is 2.44. The van der Waals surface area contributed by atoms with E-state index in [0.29, 0.717) is 47.5 Å². The van der Waals surface area contributed by atoms with Crippen LogP contribution < -0.4 is 9.47 Å². The van der Waals surface area contributed by atoms with Gasteiger partial charge in [0.2, 0.25) is 0 Å². The molecule has 0 atom stereocenters. The van der Waals surface area contributed by atoms with Gasteiger partial charge in [0.25, 0.3) is 11.4 Å². The van der Waals surface area contributed by atoms with Crippen LogP contribution >= 0.6 is 0 Å². The molecule has 4 aromatic carbocycles. The van der Waals surface area contributed by atoms with Crippen LogP contribution in [0.4, 0.5) is 11.4 Å². The van der Waals surface area contributed by atoms with Gasteiger partial charge in [0, 0.05) is 79.7 Å². The van der Waals surface area contributed by atoms with E-state index in [1.54, 1.807) is 24.3 Å². The highest BCUT2D eigenvalue weighted by atomic mass is 16.6. The predicted octanol–water partition coefficient (Wildman–Crippen LogP) is 14.7. The van der Waals surface area contributed by atoms with E-state index in [-0.39, 0.29) is 22.2 Å². The first-order valence-corrected chi connectivity index (χ1v) is 23.3. The highest BCUT2D eigenvalue weighted by molar-refractivity contribution is 6.01. The Bertz CT molecular complexity index is 3210. The minimum Gasteiger partial charge on any atom is -0.493 e. The third kappa shape index (κ3) is 8.70. The second-order valence-corrected chi connectivity index (χ2v) is 19.8. The molecule has 11 rings (SSSR count). The fourth-order valence-electron chi connectivity index (χ4n) is 9.26. The molecule has 0 spiro atoms. The van der Waals surface area contributed by atoms with Crippen molar-refractivity contribution in [3.05, 3.63) is 163 Å². The van der Waals surface area contributed by atoms with Gasteiger partial charge < -0.3 is 19.4 Å². The van der Waals surface area contributed by atoms with Crippen LogP contribution in [0.15, 0.2) is 109 Å². The number of non-ortho nitro benzene ring substituents is 2. The largest absolute Gasteiger partial charge is 0.493 e. The lowest BCUT2D eigenvalue weighted by Gasteiger charge is -2.22. The van der Waals surface area contributed by atoms with E-state index >= 15 is 0 Å². The lowest BCUT2D eigenvalue weighted by molar-refractivity contribution is -0.385. The van der Waals surface area contributed by atoms with Crippen LogP contribution in [0.1, 0.15) is 94.7 Å². The fraction of sp³-hybridized carbons (Fsp3) is 0.228. The van der Waals surface area contributed by atoms with Crippen LogP contribution in [-0.4, -0.2) is 43.0 Å². The quantitative estimate of drug-likeness (QED) is 0.130. The number of nitrogens with zero attached hydrogens (tertiary/aromatic N) is 4. The molecule has 12 heteroatoms. The van der Waals surface area contributed by atoms with Gasteiger partial charge in [0.15, 0.2) is 0 Å². The van der Waals surface area contributed by atoms with E-state index in [1.165, 1.54) is 24.3 Å². The van der Waals surface area contributed by atoms with Crippen molar-refractivity contribution in [2.45, 2.75) is 71.6 Å². The molecule has 10 bridgehead atoms. The van der Waals surface area contributed by atoms with Gasteiger partial charge in [-0.1, -0.05) is 53.7 Å². The number of aromatic nitrogens is 4. The first-order valence-electron chi connectivity index (χ1n) is 23.3. The van der Waals surface area contributed by atoms with E-state index in [1.807, 2.05) is 48.6 Å². The summed E-state index contributed by atoms with van der Waals surface area (Å²) in [7, 11) is 0. The van der Waals surface area contributed by atoms with Crippen molar-refractivity contribution in [1.29, 1.82) is 0 Å². The molecule has 3 aromatic heterocycles. The zero-order valence-electron chi connectivity index (χ0n) is 39.5. The number of nitrogens with one attached hydrogen (secondary N) is 2. The van der Waals surface area contributed by atoms with E-state index < -0.39 is 9.85 Å². The smallest absolute Gasteiger partial charge is 0.269 e. The van der Waals surface area contributed by atoms with Gasteiger partial charge in [-0.05, 0) is 149 Å². The highest BCUT2D eigenvalue weighted by Gasteiger charge is 2.25. The Hall–Kier alpha value is -8.12. The lowest BCUT2D eigenvalue weighted by Crippen LogP contribution is -2.12. The molecular formula is C57H52N6O6. The van der Waals surface area contributed by atoms with E-state index in [9.17, 15) is 20.2 Å². The molecule has 12 nitrogen and oxygen atoms in total. The number of nitro groups is 2. The van der Waals surface area contributed by atoms with E-state index in [4.69, 9.17) is 19.4 Å². The molecule has 0 amide bonds. The summed E-state index contributed by atoms with van der Waals surface area (Å²) >= 11 is 0. The zero-order chi connectivity index (χ0) is 48.2. The molecule has 4 aliphatic rings. The first-order chi connectivity index (χ1) is 33.1. The molecule has 0 saturated carbocycles. The van der Waals surface area contributed by atoms with Crippen LogP contribution in [-0.2, 0) is 10.8 Å². The number of hydrogen-bond acceptors (Lipinski definition) is 8. The molecule has 0 aliphatic carbocycles. The second kappa shape index (κ2) is 17.5. The Morgan fingerprint density at radius 2 is 0.812 bits per heavy atom. The summed E-state index contributed by atoms with van der Waals surface area (Å²) in [5.74, 6) is 1.42. The summed E-state index contributed by atoms with van der Waals surface area (Å²) in [6.45, 7) is 14.1. The summed E-state index contributed by atoms with van der Waals surface area (Å²) < 4.78 is 13.5. The van der Waals surface area contributed by atoms with Crippen molar-refractivity contribution in [3.8, 4) is 56.0 Å². The maximum absolute atomic E-state index is 11.9. The van der Waals surface area contributed by atoms with Crippen molar-refractivity contribution in [3.63, 3.8) is 0 Å². The number of hydrogen-bond donors (Lipinski definition) is 2. The van der Waals surface area contributed by atoms with Gasteiger partial charge >= 0.3 is 0 Å². The average molecular weight is 917 g/mol. The van der Waals surface area contributed by atoms with Crippen molar-refractivity contribution in [2.24, 2.45) is 0 Å². The Labute approximate surface area is 399 Å². The fourth-order valence-corrected chi connectivity index (χ4v) is 9.26. The number of nitro benzene ring substituents is 2. The molecule has 0 radical (unpaired) electrons. The minimum atomic E-state index is -0.395. The van der Waals surface area contributed by atoms with Crippen molar-refractivity contribution in [1.82, 2.24) is 19.9 Å². The third-order valence-corrected chi connectivity index (χ3v) is 13.0. The van der Waals surface area contributed by atoms with Gasteiger partial charge in [0.1, 0.15) is 11.5 Å². The molecule has 7 aromatic rings. The molecule has 346 valence electrons. The third-order valence-electron chi connectivity index (χ3n) is 13.0. The maximum Gasteiger partial charge on any atom is 0.269 e. The van der Waals surface area contributed by atoms with Gasteiger partial charge in [-0.25, -0.2) is 9.97 Å². The Balaban J connectivity index is 1.41. The molecular weight excluding hydrogens is 865 g/mol. The normalized spacial score (nSPS) is 13.7. The Morgan fingerprint density at radius 3 is 1.16 bits per heavy atom. The Kier molecular flexibility index (Phi) is 11.3. The van der Waals surface area contributed by atoms with Crippen molar-refractivity contribution < 1.29 is 19.3 Å². The summed E-state index contributed by atoms with van der Waals surface area (Å²) in [5.41, 5.74) is 13.8. The average Bonchev–Trinajstić information content (AvgIpc) is 4.17. The summed E-state index contributed by atoms with van der Waals surface area (Å²) in [5, 5.41) is 23.8. The van der Waals surface area contributed by atoms with E-state index in [0.717, 1.165) is 97.0 Å². The molecule has 0 saturated heterocycles. The first kappa shape index (κ1) is 44.7. The number of benzene rings is 4. The number of ether oxygens (including phenoxy) is 2. The van der Waals surface area contributed by atoms with Crippen LogP contribution in [0.25, 0.3) is 90.9 Å². The predicted molar refractivity (Wildman–Crippen MR) is 276 cm³/mol. The van der Waals surface area contributed by atoms with Crippen molar-refractivity contribution in [2.75, 3.05) is 13.2 Å². The number of aromatic amines is 2. The van der Waals surface area contributed by atoms with E-state index in [2.05, 4.69) is 87.9 Å². The molecule has 0 unspecified atom stereocenters. The maximum atomic E-state index is 11.9. The standard InChI is InChI=1S/C57H52N6O6/c1-56(2,3)36-14-28-50-40(32-36)54-46-24-20-42(58-46)52(34-10-16-38(17-11-34)62(64)65)44-22-26-48(60-44)55(41-33-37(57(4,5)6)15-29-51(41)69-31-9-7-8-30-68-50)49-27-23-45(61-49)53(43-21-25-47(54)59-43)35-12-18-39(19-13-35)63(66)67/h10-29,32-33,58,61H,7-9,30-31H2,1-6H3. The molecule has 2 N–H and O–H groups in total. The summed E-state index contributed by atoms with van der Waals surface area (Å²) in [6, 6.07) is 34.0. The second-order valence-electron chi connectivity index (χ2n) is 19.8. The summed E-state index contributed by atoms with van der Waals surface area (Å²) in [4.78, 5) is 41.5. The summed E-state index contributed by atoms with van der Waals surface area (Å²) in [6.07, 6.45) is 10.5. The molecule has 7 heterocycles.